The third-order valence-electron chi connectivity index (χ3n) is 4.02. The summed E-state index contributed by atoms with van der Waals surface area (Å²) < 4.78 is 33.0. The first-order valence-corrected chi connectivity index (χ1v) is 7.78. The van der Waals surface area contributed by atoms with Gasteiger partial charge in [-0.15, -0.1) is 0 Å². The van der Waals surface area contributed by atoms with Crippen LogP contribution in [0.1, 0.15) is 0 Å². The molecule has 3 atom stereocenters. The third kappa shape index (κ3) is 4.89. The number of rotatable bonds is 8. The molecule has 0 unspecified atom stereocenters. The lowest BCUT2D eigenvalue weighted by Crippen LogP contribution is -2.35. The van der Waals surface area contributed by atoms with Gasteiger partial charge in [0.05, 0.1) is 6.10 Å². The minimum atomic E-state index is -3.38. The van der Waals surface area contributed by atoms with Gasteiger partial charge in [0.15, 0.2) is 12.5 Å². The van der Waals surface area contributed by atoms with E-state index in [1.54, 1.807) is 18.2 Å². The van der Waals surface area contributed by atoms with E-state index in [-0.39, 0.29) is 5.75 Å². The van der Waals surface area contributed by atoms with E-state index in [0.717, 1.165) is 6.08 Å². The lowest BCUT2D eigenvalue weighted by atomic mass is 9.82. The summed E-state index contributed by atoms with van der Waals surface area (Å²) in [5.41, 5.74) is 0. The molecule has 0 saturated heterocycles. The lowest BCUT2D eigenvalue weighted by molar-refractivity contribution is -0.157. The van der Waals surface area contributed by atoms with Gasteiger partial charge < -0.3 is 20.1 Å². The molecule has 0 heterocycles. The van der Waals surface area contributed by atoms with Crippen molar-refractivity contribution in [2.45, 2.75) is 12.0 Å². The molecule has 0 aliphatic heterocycles. The molecule has 1 aliphatic carbocycles. The SMILES string of the molecule is O=C(O)C(C(=O)O)[C@H]1C=C[C@@H](O)[C@@H]1/C=C/C(F)(F)COc1ccccc1. The van der Waals surface area contributed by atoms with E-state index in [9.17, 15) is 23.5 Å². The molecule has 0 amide bonds. The number of ether oxygens (including phenoxy) is 1. The van der Waals surface area contributed by atoms with Crippen LogP contribution in [0.4, 0.5) is 8.78 Å². The number of carboxylic acids is 2. The van der Waals surface area contributed by atoms with Gasteiger partial charge in [-0.05, 0) is 18.2 Å². The van der Waals surface area contributed by atoms with Crippen LogP contribution >= 0.6 is 0 Å². The Kier molecular flexibility index (Phi) is 6.10. The largest absolute Gasteiger partial charge is 0.487 e. The van der Waals surface area contributed by atoms with E-state index in [4.69, 9.17) is 14.9 Å². The van der Waals surface area contributed by atoms with Gasteiger partial charge in [0, 0.05) is 11.8 Å². The summed E-state index contributed by atoms with van der Waals surface area (Å²) in [6.07, 6.45) is 2.64. The average Bonchev–Trinajstić information content (AvgIpc) is 2.92. The fourth-order valence-electron chi connectivity index (χ4n) is 2.73. The molecule has 0 spiro atoms. The second-order valence-electron chi connectivity index (χ2n) is 5.91. The van der Waals surface area contributed by atoms with Gasteiger partial charge >= 0.3 is 11.9 Å². The van der Waals surface area contributed by atoms with Crippen LogP contribution in [-0.2, 0) is 9.59 Å². The summed E-state index contributed by atoms with van der Waals surface area (Å²) in [4.78, 5) is 22.3. The fourth-order valence-corrected chi connectivity index (χ4v) is 2.73. The Hall–Kier alpha value is -2.74. The number of hydrogen-bond acceptors (Lipinski definition) is 4. The summed E-state index contributed by atoms with van der Waals surface area (Å²) in [6.45, 7) is -0.949. The molecule has 26 heavy (non-hydrogen) atoms. The molecule has 2 rings (SSSR count). The Morgan fingerprint density at radius 2 is 1.77 bits per heavy atom. The van der Waals surface area contributed by atoms with Gasteiger partial charge in [-0.1, -0.05) is 36.4 Å². The molecule has 0 bridgehead atoms. The molecule has 1 aliphatic rings. The highest BCUT2D eigenvalue weighted by atomic mass is 19.3. The minimum absolute atomic E-state index is 0.262. The van der Waals surface area contributed by atoms with E-state index in [2.05, 4.69) is 0 Å². The molecule has 8 heteroatoms. The van der Waals surface area contributed by atoms with Crippen LogP contribution in [0.25, 0.3) is 0 Å². The molecule has 140 valence electrons. The van der Waals surface area contributed by atoms with Crippen molar-refractivity contribution in [2.75, 3.05) is 6.61 Å². The topological polar surface area (TPSA) is 104 Å². The summed E-state index contributed by atoms with van der Waals surface area (Å²) >= 11 is 0. The molecule has 0 aromatic heterocycles. The summed E-state index contributed by atoms with van der Waals surface area (Å²) in [5, 5.41) is 28.0. The number of hydrogen-bond donors (Lipinski definition) is 3. The zero-order chi connectivity index (χ0) is 19.3. The first-order valence-electron chi connectivity index (χ1n) is 7.78. The first kappa shape index (κ1) is 19.6. The van der Waals surface area contributed by atoms with Crippen LogP contribution in [0.2, 0.25) is 0 Å². The molecular weight excluding hydrogens is 350 g/mol. The van der Waals surface area contributed by atoms with Crippen molar-refractivity contribution >= 4 is 11.9 Å². The number of aliphatic carboxylic acids is 2. The van der Waals surface area contributed by atoms with E-state index in [1.165, 1.54) is 24.3 Å². The van der Waals surface area contributed by atoms with Gasteiger partial charge in [0.2, 0.25) is 0 Å². The normalized spacial score (nSPS) is 22.8. The van der Waals surface area contributed by atoms with Crippen molar-refractivity contribution in [3.63, 3.8) is 0 Å². The number of alkyl halides is 2. The lowest BCUT2D eigenvalue weighted by Gasteiger charge is -2.23. The van der Waals surface area contributed by atoms with Crippen molar-refractivity contribution in [3.05, 3.63) is 54.6 Å². The van der Waals surface area contributed by atoms with E-state index in [0.29, 0.717) is 6.08 Å². The number of para-hydroxylation sites is 1. The maximum Gasteiger partial charge on any atom is 0.318 e. The Balaban J connectivity index is 2.08. The second-order valence-corrected chi connectivity index (χ2v) is 5.91. The van der Waals surface area contributed by atoms with Crippen molar-refractivity contribution in [2.24, 2.45) is 17.8 Å². The Morgan fingerprint density at radius 3 is 2.35 bits per heavy atom. The third-order valence-corrected chi connectivity index (χ3v) is 4.02. The molecular formula is C18H18F2O6. The summed E-state index contributed by atoms with van der Waals surface area (Å²) in [5.74, 6) is -10.4. The second kappa shape index (κ2) is 8.09. The van der Waals surface area contributed by atoms with Crippen LogP contribution in [0.15, 0.2) is 54.6 Å². The molecule has 3 N–H and O–H groups in total. The molecule has 6 nitrogen and oxygen atoms in total. The zero-order valence-electron chi connectivity index (χ0n) is 13.5. The predicted molar refractivity (Wildman–Crippen MR) is 86.9 cm³/mol. The number of carbonyl (C=O) groups is 2. The molecule has 0 saturated carbocycles. The minimum Gasteiger partial charge on any atom is -0.487 e. The van der Waals surface area contributed by atoms with E-state index < -0.39 is 48.3 Å². The molecule has 1 aromatic carbocycles. The summed E-state index contributed by atoms with van der Waals surface area (Å²) in [6, 6.07) is 8.01. The number of carboxylic acid groups (broad SMARTS) is 2. The van der Waals surface area contributed by atoms with Gasteiger partial charge in [0.25, 0.3) is 5.92 Å². The monoisotopic (exact) mass is 368 g/mol. The average molecular weight is 368 g/mol. The maximum atomic E-state index is 14.0. The van der Waals surface area contributed by atoms with E-state index in [1.807, 2.05) is 0 Å². The zero-order valence-corrected chi connectivity index (χ0v) is 13.5. The number of halogens is 2. The van der Waals surface area contributed by atoms with Gasteiger partial charge in [-0.3, -0.25) is 9.59 Å². The summed E-state index contributed by atoms with van der Waals surface area (Å²) in [7, 11) is 0. The standard InChI is InChI=1S/C18H18F2O6/c19-18(20,10-26-11-4-2-1-3-5-11)9-8-12-13(6-7-14(12)21)15(16(22)23)17(24)25/h1-9,12-15,21H,10H2,(H,22,23)(H,24,25)/b9-8+/t12-,13+,14-/m1/s1. The fraction of sp³-hybridized carbons (Fsp3) is 0.333. The van der Waals surface area contributed by atoms with Gasteiger partial charge in [0.1, 0.15) is 5.75 Å². The highest BCUT2D eigenvalue weighted by molar-refractivity contribution is 5.93. The quantitative estimate of drug-likeness (QED) is 0.480. The van der Waals surface area contributed by atoms with Gasteiger partial charge in [-0.2, -0.15) is 8.78 Å². The smallest absolute Gasteiger partial charge is 0.318 e. The molecule has 0 radical (unpaired) electrons. The van der Waals surface area contributed by atoms with Crippen molar-refractivity contribution in [1.82, 2.24) is 0 Å². The van der Waals surface area contributed by atoms with Crippen LogP contribution in [0.3, 0.4) is 0 Å². The van der Waals surface area contributed by atoms with E-state index >= 15 is 0 Å². The van der Waals surface area contributed by atoms with Crippen LogP contribution < -0.4 is 4.74 Å². The number of aliphatic hydroxyl groups is 1. The Labute approximate surface area is 148 Å². The highest BCUT2D eigenvalue weighted by Crippen LogP contribution is 2.34. The predicted octanol–water partition coefficient (Wildman–Crippen LogP) is 2.21. The number of aliphatic hydroxyl groups excluding tert-OH is 1. The molecule has 0 fully saturated rings. The van der Waals surface area contributed by atoms with Crippen LogP contribution in [-0.4, -0.2) is 45.9 Å². The van der Waals surface area contributed by atoms with Crippen LogP contribution in [0, 0.1) is 17.8 Å². The Bertz CT molecular complexity index is 687. The maximum absolute atomic E-state index is 14.0. The van der Waals surface area contributed by atoms with Crippen molar-refractivity contribution in [1.29, 1.82) is 0 Å². The molecule has 1 aromatic rings. The van der Waals surface area contributed by atoms with Crippen molar-refractivity contribution < 1.29 is 38.4 Å². The Morgan fingerprint density at radius 1 is 1.15 bits per heavy atom. The highest BCUT2D eigenvalue weighted by Gasteiger charge is 2.42. The van der Waals surface area contributed by atoms with Gasteiger partial charge in [-0.25, -0.2) is 0 Å². The first-order chi connectivity index (χ1) is 12.2. The van der Waals surface area contributed by atoms with Crippen molar-refractivity contribution in [3.8, 4) is 5.75 Å². The van der Waals surface area contributed by atoms with Crippen LogP contribution in [0.5, 0.6) is 5.75 Å². The number of allylic oxidation sites excluding steroid dienone is 1. The number of benzene rings is 1.